The Morgan fingerprint density at radius 2 is 1.89 bits per heavy atom. The highest BCUT2D eigenvalue weighted by Crippen LogP contribution is 2.22. The molecule has 0 unspecified atom stereocenters. The average molecular weight is 264 g/mol. The summed E-state index contributed by atoms with van der Waals surface area (Å²) in [6.07, 6.45) is 6.82. The number of hydrogen-bond donors (Lipinski definition) is 0. The monoisotopic (exact) mass is 264 g/mol. The van der Waals surface area contributed by atoms with Crippen molar-refractivity contribution in [2.45, 2.75) is 51.5 Å². The molecule has 0 N–H and O–H groups in total. The Balaban J connectivity index is 2.05. The lowest BCUT2D eigenvalue weighted by Crippen LogP contribution is -2.51. The normalized spacial score (nSPS) is 18.3. The Bertz CT molecular complexity index is 430. The lowest BCUT2D eigenvalue weighted by atomic mass is 9.93. The Morgan fingerprint density at radius 3 is 2.42 bits per heavy atom. The van der Waals surface area contributed by atoms with Crippen LogP contribution in [0.15, 0.2) is 6.33 Å². The zero-order chi connectivity index (χ0) is 13.9. The van der Waals surface area contributed by atoms with E-state index in [1.165, 1.54) is 32.0 Å². The summed E-state index contributed by atoms with van der Waals surface area (Å²) < 4.78 is 1.68. The number of aromatic nitrogens is 3. The van der Waals surface area contributed by atoms with Crippen molar-refractivity contribution in [2.24, 2.45) is 7.05 Å². The standard InChI is InChI=1S/C14H24N4O/c1-14(2,18-8-6-4-5-7-9-18)12(19)10-13-15-11-16-17(13)3/h11H,4-10H2,1-3H3. The molecule has 1 aliphatic rings. The molecule has 0 amide bonds. The molecule has 19 heavy (non-hydrogen) atoms. The lowest BCUT2D eigenvalue weighted by molar-refractivity contribution is -0.128. The van der Waals surface area contributed by atoms with Gasteiger partial charge in [0.05, 0.1) is 12.0 Å². The van der Waals surface area contributed by atoms with Gasteiger partial charge in [0.15, 0.2) is 5.78 Å². The van der Waals surface area contributed by atoms with E-state index in [0.717, 1.165) is 18.9 Å². The molecule has 0 radical (unpaired) electrons. The first-order valence-electron chi connectivity index (χ1n) is 7.13. The third kappa shape index (κ3) is 3.21. The van der Waals surface area contributed by atoms with E-state index in [0.29, 0.717) is 6.42 Å². The molecule has 0 aliphatic carbocycles. The molecule has 0 bridgehead atoms. The van der Waals surface area contributed by atoms with Crippen LogP contribution in [0.3, 0.4) is 0 Å². The number of ketones is 1. The molecule has 5 nitrogen and oxygen atoms in total. The van der Waals surface area contributed by atoms with Gasteiger partial charge in [0.25, 0.3) is 0 Å². The maximum atomic E-state index is 12.6. The Labute approximate surface area is 115 Å². The third-order valence-corrected chi connectivity index (χ3v) is 4.20. The first-order chi connectivity index (χ1) is 9.01. The molecule has 5 heteroatoms. The summed E-state index contributed by atoms with van der Waals surface area (Å²) in [5.74, 6) is 0.971. The lowest BCUT2D eigenvalue weighted by Gasteiger charge is -2.36. The number of Topliss-reactive ketones (excluding diaryl/α,β-unsaturated/α-hetero) is 1. The van der Waals surface area contributed by atoms with E-state index in [1.807, 2.05) is 20.9 Å². The van der Waals surface area contributed by atoms with Gasteiger partial charge in [-0.3, -0.25) is 14.4 Å². The fraction of sp³-hybridized carbons (Fsp3) is 0.786. The molecule has 106 valence electrons. The van der Waals surface area contributed by atoms with E-state index in [4.69, 9.17) is 0 Å². The zero-order valence-electron chi connectivity index (χ0n) is 12.2. The second-order valence-corrected chi connectivity index (χ2v) is 5.86. The molecule has 0 atom stereocenters. The second kappa shape index (κ2) is 5.82. The Morgan fingerprint density at radius 1 is 1.26 bits per heavy atom. The maximum Gasteiger partial charge on any atom is 0.160 e. The van der Waals surface area contributed by atoms with Gasteiger partial charge in [0, 0.05) is 7.05 Å². The van der Waals surface area contributed by atoms with Crippen molar-refractivity contribution < 1.29 is 4.79 Å². The van der Waals surface area contributed by atoms with Gasteiger partial charge in [-0.1, -0.05) is 12.8 Å². The van der Waals surface area contributed by atoms with Gasteiger partial charge in [-0.15, -0.1) is 0 Å². The summed E-state index contributed by atoms with van der Waals surface area (Å²) in [7, 11) is 1.83. The van der Waals surface area contributed by atoms with Crippen LogP contribution in [0.4, 0.5) is 0 Å². The van der Waals surface area contributed by atoms with Gasteiger partial charge in [0.2, 0.25) is 0 Å². The molecule has 0 aromatic carbocycles. The molecule has 1 aromatic heterocycles. The highest BCUT2D eigenvalue weighted by molar-refractivity contribution is 5.88. The van der Waals surface area contributed by atoms with Crippen LogP contribution < -0.4 is 0 Å². The van der Waals surface area contributed by atoms with Crippen LogP contribution in [0.25, 0.3) is 0 Å². The van der Waals surface area contributed by atoms with Crippen molar-refractivity contribution in [3.63, 3.8) is 0 Å². The molecule has 0 spiro atoms. The smallest absolute Gasteiger partial charge is 0.160 e. The molecule has 1 fully saturated rings. The maximum absolute atomic E-state index is 12.6. The fourth-order valence-corrected chi connectivity index (χ4v) is 2.65. The van der Waals surface area contributed by atoms with Gasteiger partial charge in [-0.2, -0.15) is 5.10 Å². The van der Waals surface area contributed by atoms with E-state index in [1.54, 1.807) is 4.68 Å². The van der Waals surface area contributed by atoms with Crippen LogP contribution in [0, 0.1) is 0 Å². The summed E-state index contributed by atoms with van der Waals surface area (Å²) in [6.45, 7) is 6.13. The van der Waals surface area contributed by atoms with Gasteiger partial charge in [0.1, 0.15) is 12.2 Å². The highest BCUT2D eigenvalue weighted by Gasteiger charge is 2.34. The van der Waals surface area contributed by atoms with Crippen molar-refractivity contribution >= 4 is 5.78 Å². The van der Waals surface area contributed by atoms with Crippen LogP contribution in [-0.4, -0.2) is 44.1 Å². The molecule has 2 rings (SSSR count). The Hall–Kier alpha value is -1.23. The number of carbonyl (C=O) groups excluding carboxylic acids is 1. The number of aryl methyl sites for hydroxylation is 1. The largest absolute Gasteiger partial charge is 0.297 e. The van der Waals surface area contributed by atoms with E-state index in [-0.39, 0.29) is 5.78 Å². The van der Waals surface area contributed by atoms with Gasteiger partial charge >= 0.3 is 0 Å². The number of rotatable bonds is 4. The van der Waals surface area contributed by atoms with Crippen molar-refractivity contribution in [1.82, 2.24) is 19.7 Å². The van der Waals surface area contributed by atoms with Crippen molar-refractivity contribution in [3.8, 4) is 0 Å². The molecule has 1 aromatic rings. The summed E-state index contributed by atoms with van der Waals surface area (Å²) >= 11 is 0. The second-order valence-electron chi connectivity index (χ2n) is 5.86. The summed E-state index contributed by atoms with van der Waals surface area (Å²) in [4.78, 5) is 19.1. The van der Waals surface area contributed by atoms with Crippen molar-refractivity contribution in [3.05, 3.63) is 12.2 Å². The quantitative estimate of drug-likeness (QED) is 0.828. The topological polar surface area (TPSA) is 51.0 Å². The average Bonchev–Trinajstić information content (AvgIpc) is 2.64. The molecule has 0 saturated carbocycles. The van der Waals surface area contributed by atoms with Gasteiger partial charge in [-0.25, -0.2) is 4.98 Å². The number of hydrogen-bond acceptors (Lipinski definition) is 4. The van der Waals surface area contributed by atoms with Crippen LogP contribution in [-0.2, 0) is 18.3 Å². The van der Waals surface area contributed by atoms with E-state index < -0.39 is 5.54 Å². The minimum absolute atomic E-state index is 0.227. The minimum Gasteiger partial charge on any atom is -0.297 e. The Kier molecular flexibility index (Phi) is 4.34. The van der Waals surface area contributed by atoms with Gasteiger partial charge in [-0.05, 0) is 39.8 Å². The first-order valence-corrected chi connectivity index (χ1v) is 7.13. The van der Waals surface area contributed by atoms with E-state index in [2.05, 4.69) is 15.0 Å². The number of carbonyl (C=O) groups is 1. The zero-order valence-corrected chi connectivity index (χ0v) is 12.2. The fourth-order valence-electron chi connectivity index (χ4n) is 2.65. The predicted octanol–water partition coefficient (Wildman–Crippen LogP) is 1.58. The van der Waals surface area contributed by atoms with Gasteiger partial charge < -0.3 is 0 Å². The minimum atomic E-state index is -0.406. The molecular formula is C14H24N4O. The van der Waals surface area contributed by atoms with Crippen LogP contribution in [0.5, 0.6) is 0 Å². The SMILES string of the molecule is Cn1ncnc1CC(=O)C(C)(C)N1CCCCCC1. The van der Waals surface area contributed by atoms with E-state index in [9.17, 15) is 4.79 Å². The molecule has 1 aliphatic heterocycles. The van der Waals surface area contributed by atoms with Crippen LogP contribution in [0.2, 0.25) is 0 Å². The summed E-state index contributed by atoms with van der Waals surface area (Å²) in [6, 6.07) is 0. The third-order valence-electron chi connectivity index (χ3n) is 4.20. The summed E-state index contributed by atoms with van der Waals surface area (Å²) in [5.41, 5.74) is -0.406. The molecule has 2 heterocycles. The number of nitrogens with zero attached hydrogens (tertiary/aromatic N) is 4. The molecule has 1 saturated heterocycles. The number of likely N-dealkylation sites (tertiary alicyclic amines) is 1. The summed E-state index contributed by atoms with van der Waals surface area (Å²) in [5, 5.41) is 4.02. The van der Waals surface area contributed by atoms with Crippen molar-refractivity contribution in [1.29, 1.82) is 0 Å². The highest BCUT2D eigenvalue weighted by atomic mass is 16.1. The predicted molar refractivity (Wildman–Crippen MR) is 73.8 cm³/mol. The first kappa shape index (κ1) is 14.2. The van der Waals surface area contributed by atoms with Crippen LogP contribution in [0.1, 0.15) is 45.4 Å². The van der Waals surface area contributed by atoms with E-state index >= 15 is 0 Å². The molecular weight excluding hydrogens is 240 g/mol. The van der Waals surface area contributed by atoms with Crippen LogP contribution >= 0.6 is 0 Å². The van der Waals surface area contributed by atoms with Crippen molar-refractivity contribution in [2.75, 3.05) is 13.1 Å².